The van der Waals surface area contributed by atoms with Crippen LogP contribution < -0.4 is 10.1 Å². The molecule has 1 aliphatic rings. The summed E-state index contributed by atoms with van der Waals surface area (Å²) in [5.74, 6) is -0.876. The molecule has 0 aromatic heterocycles. The van der Waals surface area contributed by atoms with Crippen LogP contribution in [0.5, 0.6) is 5.75 Å². The van der Waals surface area contributed by atoms with Gasteiger partial charge in [-0.15, -0.1) is 0 Å². The van der Waals surface area contributed by atoms with Crippen molar-refractivity contribution in [3.63, 3.8) is 0 Å². The predicted molar refractivity (Wildman–Crippen MR) is 86.5 cm³/mol. The number of nitrogens with zero attached hydrogens (tertiary/aromatic N) is 1. The third-order valence-corrected chi connectivity index (χ3v) is 4.30. The first kappa shape index (κ1) is 18.2. The highest BCUT2D eigenvalue weighted by atomic mass is 19.1. The van der Waals surface area contributed by atoms with Crippen molar-refractivity contribution in [1.82, 2.24) is 10.2 Å². The maximum absolute atomic E-state index is 13.8. The Bertz CT molecular complexity index is 623. The molecule has 1 saturated heterocycles. The lowest BCUT2D eigenvalue weighted by Crippen LogP contribution is -2.42. The summed E-state index contributed by atoms with van der Waals surface area (Å²) in [6.07, 6.45) is 0.566. The molecule has 0 aliphatic carbocycles. The summed E-state index contributed by atoms with van der Waals surface area (Å²) in [5, 5.41) is 2.81. The minimum atomic E-state index is -0.644. The van der Waals surface area contributed by atoms with Crippen LogP contribution in [0.25, 0.3) is 0 Å². The van der Waals surface area contributed by atoms with Crippen molar-refractivity contribution in [2.45, 2.75) is 13.3 Å². The van der Waals surface area contributed by atoms with Crippen LogP contribution in [0, 0.1) is 11.2 Å². The van der Waals surface area contributed by atoms with Gasteiger partial charge in [0.2, 0.25) is 5.91 Å². The molecule has 132 valence electrons. The van der Waals surface area contributed by atoms with Crippen LogP contribution in [0.1, 0.15) is 23.7 Å². The van der Waals surface area contributed by atoms with Gasteiger partial charge in [-0.3, -0.25) is 9.59 Å². The highest BCUT2D eigenvalue weighted by Crippen LogP contribution is 2.31. The van der Waals surface area contributed by atoms with Crippen molar-refractivity contribution < 1.29 is 23.5 Å². The highest BCUT2D eigenvalue weighted by molar-refractivity contribution is 5.95. The van der Waals surface area contributed by atoms with Gasteiger partial charge in [-0.1, -0.05) is 0 Å². The quantitative estimate of drug-likeness (QED) is 0.797. The van der Waals surface area contributed by atoms with E-state index in [2.05, 4.69) is 5.32 Å². The number of methoxy groups -OCH3 is 2. The Balaban J connectivity index is 2.02. The number of carbonyl (C=O) groups excluding carboxylic acids is 2. The molecule has 0 spiro atoms. The molecular formula is C17H23FN2O4. The summed E-state index contributed by atoms with van der Waals surface area (Å²) in [6, 6.07) is 4.11. The van der Waals surface area contributed by atoms with E-state index in [0.717, 1.165) is 6.07 Å². The predicted octanol–water partition coefficient (Wildman–Crippen LogP) is 1.45. The van der Waals surface area contributed by atoms with Gasteiger partial charge in [0.15, 0.2) is 11.6 Å². The molecule has 1 aromatic rings. The van der Waals surface area contributed by atoms with Gasteiger partial charge in [0, 0.05) is 32.3 Å². The Labute approximate surface area is 140 Å². The Morgan fingerprint density at radius 2 is 2.12 bits per heavy atom. The van der Waals surface area contributed by atoms with Crippen LogP contribution in [0.4, 0.5) is 4.39 Å². The Kier molecular flexibility index (Phi) is 5.77. The molecule has 24 heavy (non-hydrogen) atoms. The third-order valence-electron chi connectivity index (χ3n) is 4.30. The topological polar surface area (TPSA) is 67.9 Å². The fourth-order valence-electron chi connectivity index (χ4n) is 2.78. The molecule has 1 atom stereocenters. The van der Waals surface area contributed by atoms with Crippen LogP contribution in [0.15, 0.2) is 18.2 Å². The molecule has 1 aromatic carbocycles. The molecule has 0 saturated carbocycles. The van der Waals surface area contributed by atoms with Gasteiger partial charge in [0.1, 0.15) is 0 Å². The molecule has 7 heteroatoms. The Morgan fingerprint density at radius 1 is 1.38 bits per heavy atom. The van der Waals surface area contributed by atoms with E-state index in [1.165, 1.54) is 19.2 Å². The standard InChI is InChI=1S/C17H23FN2O4/c1-17(16(22)19-7-9-23-2)6-8-20(11-17)15(21)12-4-5-14(24-3)13(18)10-12/h4-5,10H,6-9,11H2,1-3H3,(H,19,22). The van der Waals surface area contributed by atoms with E-state index < -0.39 is 11.2 Å². The monoisotopic (exact) mass is 338 g/mol. The second-order valence-corrected chi connectivity index (χ2v) is 6.14. The molecule has 1 unspecified atom stereocenters. The molecule has 1 N–H and O–H groups in total. The van der Waals surface area contributed by atoms with E-state index in [-0.39, 0.29) is 23.1 Å². The zero-order valence-electron chi connectivity index (χ0n) is 14.2. The number of hydrogen-bond acceptors (Lipinski definition) is 4. The molecule has 0 radical (unpaired) electrons. The number of hydrogen-bond donors (Lipinski definition) is 1. The number of rotatable bonds is 6. The average Bonchev–Trinajstić information content (AvgIpc) is 2.98. The van der Waals surface area contributed by atoms with Crippen LogP contribution in [-0.4, -0.2) is 57.2 Å². The maximum Gasteiger partial charge on any atom is 0.253 e. The first-order valence-electron chi connectivity index (χ1n) is 7.81. The van der Waals surface area contributed by atoms with E-state index >= 15 is 0 Å². The van der Waals surface area contributed by atoms with Gasteiger partial charge >= 0.3 is 0 Å². The lowest BCUT2D eigenvalue weighted by molar-refractivity contribution is -0.129. The fourth-order valence-corrected chi connectivity index (χ4v) is 2.78. The zero-order valence-corrected chi connectivity index (χ0v) is 14.2. The number of carbonyl (C=O) groups is 2. The van der Waals surface area contributed by atoms with Crippen molar-refractivity contribution in [2.75, 3.05) is 40.5 Å². The molecule has 1 heterocycles. The fraction of sp³-hybridized carbons (Fsp3) is 0.529. The van der Waals surface area contributed by atoms with Crippen molar-refractivity contribution in [3.8, 4) is 5.75 Å². The SMILES string of the molecule is COCCNC(=O)C1(C)CCN(C(=O)c2ccc(OC)c(F)c2)C1. The number of halogens is 1. The van der Waals surface area contributed by atoms with Crippen LogP contribution in [0.2, 0.25) is 0 Å². The van der Waals surface area contributed by atoms with E-state index in [1.54, 1.807) is 12.0 Å². The Morgan fingerprint density at radius 3 is 2.75 bits per heavy atom. The highest BCUT2D eigenvalue weighted by Gasteiger charge is 2.42. The number of likely N-dealkylation sites (tertiary alicyclic amines) is 1. The number of benzene rings is 1. The largest absolute Gasteiger partial charge is 0.494 e. The molecular weight excluding hydrogens is 315 g/mol. The van der Waals surface area contributed by atoms with E-state index in [4.69, 9.17) is 9.47 Å². The summed E-state index contributed by atoms with van der Waals surface area (Å²) in [5.41, 5.74) is -0.397. The summed E-state index contributed by atoms with van der Waals surface area (Å²) >= 11 is 0. The van der Waals surface area contributed by atoms with Gasteiger partial charge < -0.3 is 19.7 Å². The van der Waals surface area contributed by atoms with E-state index in [0.29, 0.717) is 32.7 Å². The van der Waals surface area contributed by atoms with Gasteiger partial charge in [-0.2, -0.15) is 0 Å². The average molecular weight is 338 g/mol. The minimum Gasteiger partial charge on any atom is -0.494 e. The molecule has 1 aliphatic heterocycles. The lowest BCUT2D eigenvalue weighted by Gasteiger charge is -2.23. The second-order valence-electron chi connectivity index (χ2n) is 6.14. The second kappa shape index (κ2) is 7.61. The molecule has 0 bridgehead atoms. The van der Waals surface area contributed by atoms with Gasteiger partial charge in [-0.05, 0) is 31.5 Å². The van der Waals surface area contributed by atoms with E-state index in [9.17, 15) is 14.0 Å². The number of nitrogens with one attached hydrogen (secondary N) is 1. The molecule has 1 fully saturated rings. The minimum absolute atomic E-state index is 0.0929. The maximum atomic E-state index is 13.8. The first-order chi connectivity index (χ1) is 11.4. The molecule has 2 rings (SSSR count). The van der Waals surface area contributed by atoms with Crippen LogP contribution in [0.3, 0.4) is 0 Å². The van der Waals surface area contributed by atoms with Gasteiger partial charge in [0.05, 0.1) is 19.1 Å². The van der Waals surface area contributed by atoms with Crippen LogP contribution in [-0.2, 0) is 9.53 Å². The van der Waals surface area contributed by atoms with Crippen molar-refractivity contribution in [3.05, 3.63) is 29.6 Å². The van der Waals surface area contributed by atoms with Crippen molar-refractivity contribution in [2.24, 2.45) is 5.41 Å². The smallest absolute Gasteiger partial charge is 0.253 e. The summed E-state index contributed by atoms with van der Waals surface area (Å²) in [4.78, 5) is 26.4. The zero-order chi connectivity index (χ0) is 17.7. The third kappa shape index (κ3) is 3.84. The normalized spacial score (nSPS) is 20.1. The summed E-state index contributed by atoms with van der Waals surface area (Å²) in [6.45, 7) is 3.47. The Hall–Kier alpha value is -2.15. The van der Waals surface area contributed by atoms with Crippen LogP contribution >= 0.6 is 0 Å². The summed E-state index contributed by atoms with van der Waals surface area (Å²) in [7, 11) is 2.94. The number of ether oxygens (including phenoxy) is 2. The van der Waals surface area contributed by atoms with Gasteiger partial charge in [-0.25, -0.2) is 4.39 Å². The molecule has 6 nitrogen and oxygen atoms in total. The van der Waals surface area contributed by atoms with Gasteiger partial charge in [0.25, 0.3) is 5.91 Å². The van der Waals surface area contributed by atoms with Crippen molar-refractivity contribution in [1.29, 1.82) is 0 Å². The number of amides is 2. The van der Waals surface area contributed by atoms with E-state index in [1.807, 2.05) is 6.92 Å². The first-order valence-corrected chi connectivity index (χ1v) is 7.81. The molecule has 2 amide bonds. The summed E-state index contributed by atoms with van der Waals surface area (Å²) < 4.78 is 23.5. The lowest BCUT2D eigenvalue weighted by atomic mass is 9.89. The van der Waals surface area contributed by atoms with Crippen molar-refractivity contribution >= 4 is 11.8 Å².